The number of sulfonamides is 1. The van der Waals surface area contributed by atoms with Gasteiger partial charge < -0.3 is 4.90 Å². The third kappa shape index (κ3) is 6.59. The summed E-state index contributed by atoms with van der Waals surface area (Å²) in [5.41, 5.74) is 0. The SMILES string of the molecule is CS(=O)(=O)NCCN1CCCCC1.Cl. The molecule has 0 aromatic carbocycles. The average molecular weight is 243 g/mol. The second kappa shape index (κ2) is 6.61. The van der Waals surface area contributed by atoms with E-state index in [1.165, 1.54) is 25.5 Å². The zero-order valence-corrected chi connectivity index (χ0v) is 10.2. The Morgan fingerprint density at radius 3 is 2.29 bits per heavy atom. The summed E-state index contributed by atoms with van der Waals surface area (Å²) in [6, 6.07) is 0. The normalized spacial score (nSPS) is 18.9. The molecule has 1 fully saturated rings. The summed E-state index contributed by atoms with van der Waals surface area (Å²) in [5, 5.41) is 0. The van der Waals surface area contributed by atoms with E-state index in [1.807, 2.05) is 0 Å². The third-order valence-corrected chi connectivity index (χ3v) is 2.97. The molecule has 1 N–H and O–H groups in total. The van der Waals surface area contributed by atoms with Crippen LogP contribution in [0.2, 0.25) is 0 Å². The molecule has 1 heterocycles. The Balaban J connectivity index is 0.00000169. The van der Waals surface area contributed by atoms with Gasteiger partial charge in [0.25, 0.3) is 0 Å². The minimum absolute atomic E-state index is 0. The minimum Gasteiger partial charge on any atom is -0.302 e. The second-order valence-electron chi connectivity index (χ2n) is 3.57. The van der Waals surface area contributed by atoms with Gasteiger partial charge in [0.1, 0.15) is 0 Å². The number of likely N-dealkylation sites (tertiary alicyclic amines) is 1. The third-order valence-electron chi connectivity index (χ3n) is 2.24. The molecule has 6 heteroatoms. The molecule has 0 aliphatic carbocycles. The zero-order chi connectivity index (χ0) is 9.73. The molecule has 4 nitrogen and oxygen atoms in total. The van der Waals surface area contributed by atoms with Gasteiger partial charge in [-0.15, -0.1) is 12.4 Å². The van der Waals surface area contributed by atoms with Crippen molar-refractivity contribution in [3.63, 3.8) is 0 Å². The molecule has 0 saturated carbocycles. The largest absolute Gasteiger partial charge is 0.302 e. The lowest BCUT2D eigenvalue weighted by Crippen LogP contribution is -2.37. The summed E-state index contributed by atoms with van der Waals surface area (Å²) >= 11 is 0. The van der Waals surface area contributed by atoms with Crippen LogP contribution in [0, 0.1) is 0 Å². The van der Waals surface area contributed by atoms with E-state index in [9.17, 15) is 8.42 Å². The fourth-order valence-electron chi connectivity index (χ4n) is 1.57. The van der Waals surface area contributed by atoms with E-state index in [1.54, 1.807) is 0 Å². The maximum absolute atomic E-state index is 10.7. The molecule has 0 amide bonds. The van der Waals surface area contributed by atoms with E-state index in [4.69, 9.17) is 0 Å². The topological polar surface area (TPSA) is 49.4 Å². The quantitative estimate of drug-likeness (QED) is 0.779. The Kier molecular flexibility index (Phi) is 6.68. The summed E-state index contributed by atoms with van der Waals surface area (Å²) in [4.78, 5) is 2.31. The fourth-order valence-corrected chi connectivity index (χ4v) is 2.03. The van der Waals surface area contributed by atoms with Crippen LogP contribution in [-0.4, -0.2) is 45.8 Å². The van der Waals surface area contributed by atoms with Crippen molar-refractivity contribution in [2.24, 2.45) is 0 Å². The fraction of sp³-hybridized carbons (Fsp3) is 1.00. The maximum atomic E-state index is 10.7. The summed E-state index contributed by atoms with van der Waals surface area (Å²) < 4.78 is 24.0. The van der Waals surface area contributed by atoms with Crippen LogP contribution in [0.4, 0.5) is 0 Å². The summed E-state index contributed by atoms with van der Waals surface area (Å²) in [6.45, 7) is 3.61. The lowest BCUT2D eigenvalue weighted by atomic mass is 10.1. The number of piperidine rings is 1. The van der Waals surface area contributed by atoms with Crippen molar-refractivity contribution >= 4 is 22.4 Å². The first-order valence-corrected chi connectivity index (χ1v) is 6.64. The van der Waals surface area contributed by atoms with Crippen LogP contribution in [0.25, 0.3) is 0 Å². The predicted octanol–water partition coefficient (Wildman–Crippen LogP) is 0.443. The van der Waals surface area contributed by atoms with E-state index in [-0.39, 0.29) is 12.4 Å². The Bertz CT molecular complexity index is 238. The van der Waals surface area contributed by atoms with Gasteiger partial charge in [-0.25, -0.2) is 13.1 Å². The van der Waals surface area contributed by atoms with Crippen molar-refractivity contribution in [1.82, 2.24) is 9.62 Å². The van der Waals surface area contributed by atoms with Gasteiger partial charge in [0.2, 0.25) is 10.0 Å². The van der Waals surface area contributed by atoms with Gasteiger partial charge in [-0.3, -0.25) is 0 Å². The van der Waals surface area contributed by atoms with Crippen molar-refractivity contribution < 1.29 is 8.42 Å². The molecule has 0 atom stereocenters. The molecule has 0 spiro atoms. The highest BCUT2D eigenvalue weighted by Crippen LogP contribution is 2.07. The molecule has 1 aliphatic rings. The predicted molar refractivity (Wildman–Crippen MR) is 60.4 cm³/mol. The van der Waals surface area contributed by atoms with Gasteiger partial charge in [-0.2, -0.15) is 0 Å². The average Bonchev–Trinajstić information content (AvgIpc) is 2.04. The van der Waals surface area contributed by atoms with Crippen LogP contribution in [0.5, 0.6) is 0 Å². The van der Waals surface area contributed by atoms with E-state index < -0.39 is 10.0 Å². The number of hydrogen-bond acceptors (Lipinski definition) is 3. The molecule has 1 saturated heterocycles. The van der Waals surface area contributed by atoms with Gasteiger partial charge in [-0.1, -0.05) is 6.42 Å². The van der Waals surface area contributed by atoms with Crippen LogP contribution >= 0.6 is 12.4 Å². The molecule has 14 heavy (non-hydrogen) atoms. The number of nitrogens with one attached hydrogen (secondary N) is 1. The highest BCUT2D eigenvalue weighted by atomic mass is 35.5. The first-order valence-electron chi connectivity index (χ1n) is 4.75. The molecule has 0 unspecified atom stereocenters. The first kappa shape index (κ1) is 14.2. The Morgan fingerprint density at radius 1 is 1.21 bits per heavy atom. The van der Waals surface area contributed by atoms with Crippen LogP contribution < -0.4 is 4.72 Å². The highest BCUT2D eigenvalue weighted by molar-refractivity contribution is 7.88. The van der Waals surface area contributed by atoms with E-state index >= 15 is 0 Å². The molecule has 0 aromatic rings. The number of hydrogen-bond donors (Lipinski definition) is 1. The van der Waals surface area contributed by atoms with Crippen molar-refractivity contribution in [2.75, 3.05) is 32.4 Å². The zero-order valence-electron chi connectivity index (χ0n) is 8.53. The van der Waals surface area contributed by atoms with Crippen LogP contribution in [-0.2, 0) is 10.0 Å². The van der Waals surface area contributed by atoms with Crippen LogP contribution in [0.3, 0.4) is 0 Å². The molecular weight excluding hydrogens is 224 g/mol. The second-order valence-corrected chi connectivity index (χ2v) is 5.40. The summed E-state index contributed by atoms with van der Waals surface area (Å²) in [5.74, 6) is 0. The summed E-state index contributed by atoms with van der Waals surface area (Å²) in [6.07, 6.45) is 5.01. The smallest absolute Gasteiger partial charge is 0.208 e. The Hall–Kier alpha value is 0.160. The molecule has 0 bridgehead atoms. The first-order chi connectivity index (χ1) is 6.08. The van der Waals surface area contributed by atoms with Crippen molar-refractivity contribution in [2.45, 2.75) is 19.3 Å². The van der Waals surface area contributed by atoms with Crippen molar-refractivity contribution in [3.8, 4) is 0 Å². The molecule has 86 valence electrons. The minimum atomic E-state index is -3.00. The maximum Gasteiger partial charge on any atom is 0.208 e. The molecular formula is C8H19ClN2O2S. The number of halogens is 1. The Morgan fingerprint density at radius 2 is 1.79 bits per heavy atom. The summed E-state index contributed by atoms with van der Waals surface area (Å²) in [7, 11) is -3.00. The standard InChI is InChI=1S/C8H18N2O2S.ClH/c1-13(11,12)9-5-8-10-6-3-2-4-7-10;/h9H,2-8H2,1H3;1H. The van der Waals surface area contributed by atoms with Crippen LogP contribution in [0.15, 0.2) is 0 Å². The van der Waals surface area contributed by atoms with Gasteiger partial charge in [0.05, 0.1) is 6.26 Å². The molecule has 1 aliphatic heterocycles. The molecule has 0 radical (unpaired) electrons. The van der Waals surface area contributed by atoms with E-state index in [2.05, 4.69) is 9.62 Å². The van der Waals surface area contributed by atoms with E-state index in [0.717, 1.165) is 19.6 Å². The highest BCUT2D eigenvalue weighted by Gasteiger charge is 2.09. The van der Waals surface area contributed by atoms with Gasteiger partial charge >= 0.3 is 0 Å². The number of rotatable bonds is 4. The van der Waals surface area contributed by atoms with E-state index in [0.29, 0.717) is 6.54 Å². The van der Waals surface area contributed by atoms with Crippen molar-refractivity contribution in [3.05, 3.63) is 0 Å². The lowest BCUT2D eigenvalue weighted by molar-refractivity contribution is 0.233. The monoisotopic (exact) mass is 242 g/mol. The van der Waals surface area contributed by atoms with Crippen molar-refractivity contribution in [1.29, 1.82) is 0 Å². The van der Waals surface area contributed by atoms with Crippen LogP contribution in [0.1, 0.15) is 19.3 Å². The van der Waals surface area contributed by atoms with Gasteiger partial charge in [-0.05, 0) is 25.9 Å². The molecule has 1 rings (SSSR count). The molecule has 0 aromatic heterocycles. The van der Waals surface area contributed by atoms with Gasteiger partial charge in [0, 0.05) is 13.1 Å². The number of nitrogens with zero attached hydrogens (tertiary/aromatic N) is 1. The van der Waals surface area contributed by atoms with Gasteiger partial charge in [0.15, 0.2) is 0 Å². The Labute approximate surface area is 92.5 Å². The lowest BCUT2D eigenvalue weighted by Gasteiger charge is -2.26.